The van der Waals surface area contributed by atoms with Gasteiger partial charge in [-0.15, -0.1) is 0 Å². The van der Waals surface area contributed by atoms with E-state index in [2.05, 4.69) is 57.5 Å². The summed E-state index contributed by atoms with van der Waals surface area (Å²) in [6, 6.07) is 8.32. The molecule has 0 saturated carbocycles. The summed E-state index contributed by atoms with van der Waals surface area (Å²) in [5.74, 6) is 0.935. The third-order valence-electron chi connectivity index (χ3n) is 5.24. The molecule has 0 aliphatic heterocycles. The number of rotatable bonds is 6. The lowest BCUT2D eigenvalue weighted by Gasteiger charge is -2.25. The quantitative estimate of drug-likeness (QED) is 0.499. The minimum Gasteiger partial charge on any atom is -0.755 e. The first-order chi connectivity index (χ1) is 12.5. The Labute approximate surface area is 165 Å². The number of hydrogen-bond acceptors (Lipinski definition) is 3. The summed E-state index contributed by atoms with van der Waals surface area (Å²) >= 11 is -2.43. The summed E-state index contributed by atoms with van der Waals surface area (Å²) in [6.45, 7) is 14.3. The molecule has 2 N–H and O–H groups in total. The highest BCUT2D eigenvalue weighted by atomic mass is 32.2. The van der Waals surface area contributed by atoms with Gasteiger partial charge in [0.25, 0.3) is 0 Å². The average Bonchev–Trinajstić information content (AvgIpc) is 2.58. The topological polar surface area (TPSA) is 72.4 Å². The standard InChI is InChI=1S/C22H31NO3S/c1-12(2)17-9-18(13(3)4)11-19(10-17)15(6)21-16(7)22(24)14(5)8-20(21)23-27(25)26/h8-13,15,23-24H,1-7H3,(H,25,26)/p-1. The summed E-state index contributed by atoms with van der Waals surface area (Å²) in [5, 5.41) is 10.4. The Hall–Kier alpha value is -1.85. The zero-order chi connectivity index (χ0) is 20.5. The number of hydrogen-bond donors (Lipinski definition) is 2. The predicted molar refractivity (Wildman–Crippen MR) is 112 cm³/mol. The number of anilines is 1. The largest absolute Gasteiger partial charge is 0.755 e. The van der Waals surface area contributed by atoms with Gasteiger partial charge in [0.15, 0.2) is 0 Å². The van der Waals surface area contributed by atoms with Gasteiger partial charge in [0, 0.05) is 22.9 Å². The fourth-order valence-electron chi connectivity index (χ4n) is 3.51. The Bertz CT molecular complexity index is 833. The zero-order valence-corrected chi connectivity index (χ0v) is 18.0. The van der Waals surface area contributed by atoms with Crippen LogP contribution in [-0.4, -0.2) is 13.9 Å². The second kappa shape index (κ2) is 8.44. The number of phenolic OH excluding ortho intramolecular Hbond substituents is 1. The van der Waals surface area contributed by atoms with E-state index in [9.17, 15) is 13.9 Å². The van der Waals surface area contributed by atoms with Crippen LogP contribution in [-0.2, 0) is 11.3 Å². The molecule has 0 saturated heterocycles. The molecular formula is C22H30NO3S-. The Morgan fingerprint density at radius 1 is 0.926 bits per heavy atom. The molecule has 2 unspecified atom stereocenters. The summed E-state index contributed by atoms with van der Waals surface area (Å²) in [6.07, 6.45) is 0. The molecule has 2 aromatic rings. The van der Waals surface area contributed by atoms with Gasteiger partial charge >= 0.3 is 0 Å². The van der Waals surface area contributed by atoms with Crippen LogP contribution in [0.1, 0.15) is 85.8 Å². The van der Waals surface area contributed by atoms with Crippen LogP contribution in [0.2, 0.25) is 0 Å². The van der Waals surface area contributed by atoms with Crippen molar-refractivity contribution in [1.29, 1.82) is 0 Å². The number of benzene rings is 2. The van der Waals surface area contributed by atoms with Crippen LogP contribution in [0.4, 0.5) is 5.69 Å². The van der Waals surface area contributed by atoms with Gasteiger partial charge in [-0.05, 0) is 65.1 Å². The van der Waals surface area contributed by atoms with Crippen molar-refractivity contribution in [3.8, 4) is 5.75 Å². The van der Waals surface area contributed by atoms with Crippen molar-refractivity contribution in [2.24, 2.45) is 0 Å². The van der Waals surface area contributed by atoms with Crippen LogP contribution >= 0.6 is 0 Å². The maximum atomic E-state index is 11.3. The highest BCUT2D eigenvalue weighted by Crippen LogP contribution is 2.40. The molecule has 0 aromatic heterocycles. The third-order valence-corrected chi connectivity index (χ3v) is 5.63. The molecule has 0 bridgehead atoms. The molecule has 0 fully saturated rings. The van der Waals surface area contributed by atoms with Crippen molar-refractivity contribution in [2.45, 2.75) is 66.2 Å². The molecule has 2 rings (SSSR count). The van der Waals surface area contributed by atoms with Crippen LogP contribution in [0.15, 0.2) is 24.3 Å². The first kappa shape index (κ1) is 21.5. The zero-order valence-electron chi connectivity index (χ0n) is 17.2. The molecular weight excluding hydrogens is 358 g/mol. The van der Waals surface area contributed by atoms with Gasteiger partial charge in [0.2, 0.25) is 0 Å². The monoisotopic (exact) mass is 388 g/mol. The van der Waals surface area contributed by atoms with Crippen LogP contribution in [0.25, 0.3) is 0 Å². The summed E-state index contributed by atoms with van der Waals surface area (Å²) in [7, 11) is 0. The summed E-state index contributed by atoms with van der Waals surface area (Å²) in [4.78, 5) is 0. The van der Waals surface area contributed by atoms with E-state index in [0.717, 1.165) is 11.1 Å². The molecule has 27 heavy (non-hydrogen) atoms. The number of aryl methyl sites for hydroxylation is 1. The smallest absolute Gasteiger partial charge is 0.121 e. The van der Waals surface area contributed by atoms with Gasteiger partial charge in [-0.1, -0.05) is 52.8 Å². The van der Waals surface area contributed by atoms with Crippen molar-refractivity contribution >= 4 is 17.0 Å². The van der Waals surface area contributed by atoms with E-state index in [1.807, 2.05) is 6.92 Å². The summed E-state index contributed by atoms with van der Waals surface area (Å²) in [5.41, 5.74) is 6.32. The Balaban J connectivity index is 2.68. The highest BCUT2D eigenvalue weighted by molar-refractivity contribution is 7.80. The van der Waals surface area contributed by atoms with E-state index in [4.69, 9.17) is 0 Å². The van der Waals surface area contributed by atoms with E-state index < -0.39 is 11.3 Å². The molecule has 0 radical (unpaired) electrons. The average molecular weight is 389 g/mol. The molecule has 4 nitrogen and oxygen atoms in total. The van der Waals surface area contributed by atoms with Gasteiger partial charge in [0.1, 0.15) is 5.75 Å². The molecule has 5 heteroatoms. The first-order valence-corrected chi connectivity index (χ1v) is 10.4. The van der Waals surface area contributed by atoms with Gasteiger partial charge in [0.05, 0.1) is 0 Å². The Morgan fingerprint density at radius 3 is 1.85 bits per heavy atom. The van der Waals surface area contributed by atoms with Crippen molar-refractivity contribution in [3.63, 3.8) is 0 Å². The van der Waals surface area contributed by atoms with E-state index in [0.29, 0.717) is 28.7 Å². The lowest BCUT2D eigenvalue weighted by molar-refractivity contribution is 0.465. The van der Waals surface area contributed by atoms with E-state index in [1.165, 1.54) is 11.1 Å². The number of aromatic hydroxyl groups is 1. The number of nitrogens with one attached hydrogen (secondary N) is 1. The third kappa shape index (κ3) is 4.71. The minimum absolute atomic E-state index is 0.0706. The molecule has 0 aliphatic rings. The van der Waals surface area contributed by atoms with Gasteiger partial charge in [-0.25, -0.2) is 0 Å². The van der Waals surface area contributed by atoms with Crippen LogP contribution in [0.5, 0.6) is 5.75 Å². The van der Waals surface area contributed by atoms with Gasteiger partial charge < -0.3 is 14.4 Å². The second-order valence-corrected chi connectivity index (χ2v) is 8.60. The lowest BCUT2D eigenvalue weighted by Crippen LogP contribution is -2.10. The van der Waals surface area contributed by atoms with Crippen LogP contribution < -0.4 is 4.72 Å². The maximum Gasteiger partial charge on any atom is 0.121 e. The molecule has 0 spiro atoms. The molecule has 2 aromatic carbocycles. The maximum absolute atomic E-state index is 11.3. The fourth-order valence-corrected chi connectivity index (χ4v) is 3.85. The van der Waals surface area contributed by atoms with Crippen LogP contribution in [0.3, 0.4) is 0 Å². The first-order valence-electron chi connectivity index (χ1n) is 9.36. The van der Waals surface area contributed by atoms with Crippen molar-refractivity contribution in [2.75, 3.05) is 4.72 Å². The summed E-state index contributed by atoms with van der Waals surface area (Å²) < 4.78 is 25.1. The van der Waals surface area contributed by atoms with Crippen molar-refractivity contribution in [1.82, 2.24) is 0 Å². The number of phenols is 1. The second-order valence-electron chi connectivity index (χ2n) is 7.93. The lowest BCUT2D eigenvalue weighted by atomic mass is 9.83. The van der Waals surface area contributed by atoms with E-state index in [1.54, 1.807) is 13.0 Å². The molecule has 2 atom stereocenters. The minimum atomic E-state index is -2.43. The molecule has 0 aliphatic carbocycles. The predicted octanol–water partition coefficient (Wildman–Crippen LogP) is 5.61. The van der Waals surface area contributed by atoms with Crippen LogP contribution in [0, 0.1) is 13.8 Å². The van der Waals surface area contributed by atoms with Gasteiger partial charge in [-0.3, -0.25) is 4.21 Å². The molecule has 148 valence electrons. The van der Waals surface area contributed by atoms with Gasteiger partial charge in [-0.2, -0.15) is 0 Å². The Morgan fingerprint density at radius 2 is 1.41 bits per heavy atom. The van der Waals surface area contributed by atoms with E-state index >= 15 is 0 Å². The molecule has 0 amide bonds. The van der Waals surface area contributed by atoms with Crippen molar-refractivity contribution < 1.29 is 13.9 Å². The molecule has 0 heterocycles. The van der Waals surface area contributed by atoms with E-state index in [-0.39, 0.29) is 11.7 Å². The normalized spacial score (nSPS) is 13.9. The SMILES string of the molecule is Cc1cc(NS(=O)[O-])c(C(C)c2cc(C(C)C)cc(C(C)C)c2)c(C)c1O. The fraction of sp³-hybridized carbons (Fsp3) is 0.455. The van der Waals surface area contributed by atoms with Crippen molar-refractivity contribution in [3.05, 3.63) is 57.6 Å². The highest BCUT2D eigenvalue weighted by Gasteiger charge is 2.21. The Kier molecular flexibility index (Phi) is 6.71.